The SMILES string of the molecule is CCCCCCCCNCCCC[C@H]1CC[C@H]2[C@@H]3[C@H](OCCCN)C[C@@H]4C[C@H](OCCCN)CC[C@]4(C)[C@H]3C[C@H](OCCCN)[C@]12C. The van der Waals surface area contributed by atoms with E-state index in [0.717, 1.165) is 58.0 Å². The molecule has 0 spiro atoms. The Morgan fingerprint density at radius 3 is 2.04 bits per heavy atom. The van der Waals surface area contributed by atoms with Crippen molar-refractivity contribution in [2.45, 2.75) is 161 Å². The van der Waals surface area contributed by atoms with E-state index in [4.69, 9.17) is 31.4 Å². The minimum Gasteiger partial charge on any atom is -0.378 e. The van der Waals surface area contributed by atoms with Gasteiger partial charge in [-0.1, -0.05) is 59.3 Å². The van der Waals surface area contributed by atoms with E-state index in [1.807, 2.05) is 0 Å². The molecule has 4 aliphatic rings. The number of nitrogens with two attached hydrogens (primary N) is 3. The molecule has 47 heavy (non-hydrogen) atoms. The van der Waals surface area contributed by atoms with Crippen LogP contribution >= 0.6 is 0 Å². The van der Waals surface area contributed by atoms with Gasteiger partial charge in [-0.2, -0.15) is 0 Å². The summed E-state index contributed by atoms with van der Waals surface area (Å²) in [5.41, 5.74) is 18.3. The fourth-order valence-corrected chi connectivity index (χ4v) is 11.0. The number of nitrogens with one attached hydrogen (secondary N) is 1. The summed E-state index contributed by atoms with van der Waals surface area (Å²) in [6.45, 7) is 14.4. The Kier molecular flexibility index (Phi) is 17.3. The van der Waals surface area contributed by atoms with Gasteiger partial charge in [0.15, 0.2) is 0 Å². The van der Waals surface area contributed by atoms with Gasteiger partial charge >= 0.3 is 0 Å². The predicted molar refractivity (Wildman–Crippen MR) is 196 cm³/mol. The molecule has 10 atom stereocenters. The second-order valence-electron chi connectivity index (χ2n) is 16.6. The molecule has 0 radical (unpaired) electrons. The van der Waals surface area contributed by atoms with Gasteiger partial charge < -0.3 is 36.7 Å². The molecular weight excluding hydrogens is 584 g/mol. The third-order valence-corrected chi connectivity index (χ3v) is 13.8. The molecule has 4 fully saturated rings. The Balaban J connectivity index is 1.43. The molecule has 7 nitrogen and oxygen atoms in total. The lowest BCUT2D eigenvalue weighted by atomic mass is 9.43. The van der Waals surface area contributed by atoms with Crippen molar-refractivity contribution in [3.63, 3.8) is 0 Å². The van der Waals surface area contributed by atoms with E-state index in [2.05, 4.69) is 26.1 Å². The highest BCUT2D eigenvalue weighted by Gasteiger charge is 2.66. The van der Waals surface area contributed by atoms with Crippen LogP contribution in [0.25, 0.3) is 0 Å². The lowest BCUT2D eigenvalue weighted by Gasteiger charge is -2.64. The molecule has 0 aromatic rings. The number of unbranched alkanes of at least 4 members (excludes halogenated alkanes) is 6. The van der Waals surface area contributed by atoms with Gasteiger partial charge in [-0.05, 0) is 157 Å². The second kappa shape index (κ2) is 20.5. The Bertz CT molecular complexity index is 848. The summed E-state index contributed by atoms with van der Waals surface area (Å²) in [4.78, 5) is 0. The number of ether oxygens (including phenoxy) is 3. The third-order valence-electron chi connectivity index (χ3n) is 13.8. The van der Waals surface area contributed by atoms with Crippen LogP contribution in [0, 0.1) is 40.4 Å². The van der Waals surface area contributed by atoms with E-state index in [0.29, 0.717) is 67.0 Å². The van der Waals surface area contributed by atoms with E-state index in [1.165, 1.54) is 103 Å². The minimum absolute atomic E-state index is 0.211. The highest BCUT2D eigenvalue weighted by atomic mass is 16.5. The van der Waals surface area contributed by atoms with Gasteiger partial charge in [0.05, 0.1) is 18.3 Å². The van der Waals surface area contributed by atoms with Gasteiger partial charge in [0.2, 0.25) is 0 Å². The van der Waals surface area contributed by atoms with Crippen LogP contribution in [0.3, 0.4) is 0 Å². The maximum absolute atomic E-state index is 6.99. The summed E-state index contributed by atoms with van der Waals surface area (Å²) in [6, 6.07) is 0. The van der Waals surface area contributed by atoms with Crippen LogP contribution < -0.4 is 22.5 Å². The fourth-order valence-electron chi connectivity index (χ4n) is 11.0. The van der Waals surface area contributed by atoms with E-state index >= 15 is 0 Å². The standard InChI is InChI=1S/C40H78N4O3/c1-4-5-6-7-8-10-23-44-24-11-9-15-31-16-17-34-38-35(30-37(40(31,34)3)47-27-14-22-43)39(2)19-18-33(45-25-12-20-41)28-32(39)29-36(38)46-26-13-21-42/h31-38,44H,4-30,41-43H2,1-3H3/t31-,32-,33+,34-,35-,36+,37-,38-,39-,40+/m0/s1. The summed E-state index contributed by atoms with van der Waals surface area (Å²) >= 11 is 0. The summed E-state index contributed by atoms with van der Waals surface area (Å²) in [5, 5.41) is 3.75. The zero-order valence-corrected chi connectivity index (χ0v) is 31.2. The molecule has 4 aliphatic carbocycles. The first-order valence-corrected chi connectivity index (χ1v) is 20.6. The smallest absolute Gasteiger partial charge is 0.0637 e. The summed E-state index contributed by atoms with van der Waals surface area (Å²) in [7, 11) is 0. The average molecular weight is 663 g/mol. The van der Waals surface area contributed by atoms with Gasteiger partial charge in [-0.3, -0.25) is 0 Å². The Morgan fingerprint density at radius 1 is 0.660 bits per heavy atom. The first-order chi connectivity index (χ1) is 22.9. The third kappa shape index (κ3) is 10.2. The van der Waals surface area contributed by atoms with Gasteiger partial charge in [0.1, 0.15) is 0 Å². The van der Waals surface area contributed by atoms with Crippen LogP contribution in [0.2, 0.25) is 0 Å². The summed E-state index contributed by atoms with van der Waals surface area (Å²) in [5.74, 6) is 3.29. The van der Waals surface area contributed by atoms with E-state index in [-0.39, 0.29) is 5.41 Å². The molecule has 276 valence electrons. The van der Waals surface area contributed by atoms with Crippen molar-refractivity contribution in [3.05, 3.63) is 0 Å². The van der Waals surface area contributed by atoms with Crippen LogP contribution in [0.5, 0.6) is 0 Å². The number of fused-ring (bicyclic) bond motifs is 5. The molecule has 0 unspecified atom stereocenters. The van der Waals surface area contributed by atoms with Gasteiger partial charge in [0.25, 0.3) is 0 Å². The molecule has 0 aliphatic heterocycles. The molecule has 7 heteroatoms. The lowest BCUT2D eigenvalue weighted by Crippen LogP contribution is -2.63. The normalized spacial score (nSPS) is 36.6. The number of hydrogen-bond donors (Lipinski definition) is 4. The fraction of sp³-hybridized carbons (Fsp3) is 1.00. The van der Waals surface area contributed by atoms with Crippen LogP contribution in [0.4, 0.5) is 0 Å². The molecule has 0 heterocycles. The van der Waals surface area contributed by atoms with Crippen molar-refractivity contribution < 1.29 is 14.2 Å². The Morgan fingerprint density at radius 2 is 1.32 bits per heavy atom. The van der Waals surface area contributed by atoms with Crippen molar-refractivity contribution in [3.8, 4) is 0 Å². The zero-order valence-electron chi connectivity index (χ0n) is 31.2. The lowest BCUT2D eigenvalue weighted by molar-refractivity contribution is -0.225. The molecule has 0 amide bonds. The molecule has 0 bridgehead atoms. The molecule has 4 saturated carbocycles. The monoisotopic (exact) mass is 663 g/mol. The maximum atomic E-state index is 6.99. The highest BCUT2D eigenvalue weighted by molar-refractivity contribution is 5.14. The largest absolute Gasteiger partial charge is 0.378 e. The Labute approximate surface area is 290 Å². The van der Waals surface area contributed by atoms with Crippen molar-refractivity contribution in [2.75, 3.05) is 52.5 Å². The van der Waals surface area contributed by atoms with Crippen LogP contribution in [0.15, 0.2) is 0 Å². The van der Waals surface area contributed by atoms with Crippen molar-refractivity contribution >= 4 is 0 Å². The summed E-state index contributed by atoms with van der Waals surface area (Å²) < 4.78 is 20.3. The molecule has 0 saturated heterocycles. The van der Waals surface area contributed by atoms with Gasteiger partial charge in [-0.15, -0.1) is 0 Å². The number of hydrogen-bond acceptors (Lipinski definition) is 7. The topological polar surface area (TPSA) is 118 Å². The molecule has 0 aromatic carbocycles. The summed E-state index contributed by atoms with van der Waals surface area (Å²) in [6.07, 6.45) is 24.7. The van der Waals surface area contributed by atoms with E-state index in [1.54, 1.807) is 0 Å². The maximum Gasteiger partial charge on any atom is 0.0637 e. The minimum atomic E-state index is 0.211. The van der Waals surface area contributed by atoms with Crippen molar-refractivity contribution in [1.29, 1.82) is 0 Å². The first-order valence-electron chi connectivity index (χ1n) is 20.6. The highest BCUT2D eigenvalue weighted by Crippen LogP contribution is 2.69. The van der Waals surface area contributed by atoms with Crippen LogP contribution in [-0.4, -0.2) is 70.9 Å². The van der Waals surface area contributed by atoms with E-state index < -0.39 is 0 Å². The molecule has 4 rings (SSSR count). The molecule has 7 N–H and O–H groups in total. The molecular formula is C40H78N4O3. The van der Waals surface area contributed by atoms with Gasteiger partial charge in [-0.25, -0.2) is 0 Å². The van der Waals surface area contributed by atoms with E-state index in [9.17, 15) is 0 Å². The molecule has 0 aromatic heterocycles. The zero-order chi connectivity index (χ0) is 33.5. The predicted octanol–water partition coefficient (Wildman–Crippen LogP) is 7.19. The average Bonchev–Trinajstić information content (AvgIpc) is 3.41. The first kappa shape index (κ1) is 39.5. The van der Waals surface area contributed by atoms with Crippen LogP contribution in [0.1, 0.15) is 143 Å². The van der Waals surface area contributed by atoms with Crippen molar-refractivity contribution in [2.24, 2.45) is 57.6 Å². The van der Waals surface area contributed by atoms with Crippen molar-refractivity contribution in [1.82, 2.24) is 5.32 Å². The second-order valence-corrected chi connectivity index (χ2v) is 16.6. The van der Waals surface area contributed by atoms with Crippen LogP contribution in [-0.2, 0) is 14.2 Å². The Hall–Kier alpha value is -0.280. The number of rotatable bonds is 24. The quantitative estimate of drug-likeness (QED) is 0.0809. The van der Waals surface area contributed by atoms with Gasteiger partial charge in [0, 0.05) is 19.8 Å².